The fourth-order valence-corrected chi connectivity index (χ4v) is 3.60. The molecule has 0 aliphatic rings. The number of imidazole rings is 1. The molecule has 9 nitrogen and oxygen atoms in total. The Labute approximate surface area is 171 Å². The standard InChI is InChI=1S/C21H20N8O/c1-29-10-18(24-11-29)21(30)23-6-4-13-9-15-19(26-13)14-3-2-12(16-5-7-25-28-16)8-17(14)27-20(15)22/h2-3,5,7-11,26H,4,6H2,1H3,(H2,22,27)(H,23,30)(H,25,28). The fraction of sp³-hybridized carbons (Fsp3) is 0.143. The summed E-state index contributed by atoms with van der Waals surface area (Å²) in [5.74, 6) is 0.281. The molecule has 0 fully saturated rings. The number of aromatic amines is 2. The van der Waals surface area contributed by atoms with Crippen LogP contribution >= 0.6 is 0 Å². The van der Waals surface area contributed by atoms with Gasteiger partial charge in [-0.25, -0.2) is 9.97 Å². The van der Waals surface area contributed by atoms with E-state index in [2.05, 4.69) is 30.5 Å². The number of aryl methyl sites for hydroxylation is 1. The molecule has 0 atom stereocenters. The zero-order chi connectivity index (χ0) is 20.7. The lowest BCUT2D eigenvalue weighted by Crippen LogP contribution is -2.26. The van der Waals surface area contributed by atoms with Gasteiger partial charge in [-0.05, 0) is 18.2 Å². The number of nitrogens with one attached hydrogen (secondary N) is 3. The molecule has 0 radical (unpaired) electrons. The molecule has 0 bridgehead atoms. The molecule has 5 aromatic rings. The molecule has 0 aliphatic carbocycles. The van der Waals surface area contributed by atoms with Crippen molar-refractivity contribution in [3.63, 3.8) is 0 Å². The van der Waals surface area contributed by atoms with Crippen molar-refractivity contribution in [2.45, 2.75) is 6.42 Å². The molecular weight excluding hydrogens is 380 g/mol. The Morgan fingerprint density at radius 3 is 2.90 bits per heavy atom. The smallest absolute Gasteiger partial charge is 0.271 e. The number of anilines is 1. The van der Waals surface area contributed by atoms with Gasteiger partial charge < -0.3 is 20.6 Å². The predicted octanol–water partition coefficient (Wildman–Crippen LogP) is 2.39. The van der Waals surface area contributed by atoms with Gasteiger partial charge in [0.1, 0.15) is 11.5 Å². The maximum Gasteiger partial charge on any atom is 0.271 e. The fourth-order valence-electron chi connectivity index (χ4n) is 3.60. The molecule has 5 N–H and O–H groups in total. The predicted molar refractivity (Wildman–Crippen MR) is 115 cm³/mol. The van der Waals surface area contributed by atoms with Crippen LogP contribution in [0.15, 0.2) is 49.1 Å². The van der Waals surface area contributed by atoms with E-state index in [1.807, 2.05) is 37.4 Å². The number of aromatic nitrogens is 6. The minimum atomic E-state index is -0.190. The van der Waals surface area contributed by atoms with Crippen LogP contribution in [0.5, 0.6) is 0 Å². The number of fused-ring (bicyclic) bond motifs is 3. The van der Waals surface area contributed by atoms with Gasteiger partial charge >= 0.3 is 0 Å². The second-order valence-electron chi connectivity index (χ2n) is 7.21. The number of rotatable bonds is 5. The van der Waals surface area contributed by atoms with E-state index in [1.165, 1.54) is 0 Å². The summed E-state index contributed by atoms with van der Waals surface area (Å²) in [4.78, 5) is 24.2. The molecule has 1 aromatic carbocycles. The molecule has 0 aliphatic heterocycles. The lowest BCUT2D eigenvalue weighted by molar-refractivity contribution is 0.0949. The molecule has 0 unspecified atom stereocenters. The Hall–Kier alpha value is -4.14. The van der Waals surface area contributed by atoms with E-state index in [0.717, 1.165) is 38.8 Å². The van der Waals surface area contributed by atoms with Crippen molar-refractivity contribution in [1.82, 2.24) is 35.0 Å². The maximum atomic E-state index is 12.1. The number of hydrogen-bond donors (Lipinski definition) is 4. The highest BCUT2D eigenvalue weighted by Gasteiger charge is 2.12. The first-order valence-electron chi connectivity index (χ1n) is 9.55. The molecule has 0 spiro atoms. The van der Waals surface area contributed by atoms with Crippen molar-refractivity contribution in [3.8, 4) is 11.3 Å². The lowest BCUT2D eigenvalue weighted by atomic mass is 10.1. The highest BCUT2D eigenvalue weighted by atomic mass is 16.1. The summed E-state index contributed by atoms with van der Waals surface area (Å²) in [6.45, 7) is 0.484. The van der Waals surface area contributed by atoms with Crippen LogP contribution < -0.4 is 11.1 Å². The van der Waals surface area contributed by atoms with Crippen LogP contribution in [0, 0.1) is 0 Å². The van der Waals surface area contributed by atoms with E-state index in [0.29, 0.717) is 24.5 Å². The van der Waals surface area contributed by atoms with Crippen molar-refractivity contribution in [3.05, 3.63) is 60.4 Å². The SMILES string of the molecule is Cn1cnc(C(=O)NCCc2cc3c(N)nc4cc(-c5ccn[nH]5)ccc4c3[nH]2)c1. The monoisotopic (exact) mass is 400 g/mol. The van der Waals surface area contributed by atoms with Crippen LogP contribution in [0.25, 0.3) is 33.1 Å². The number of pyridine rings is 1. The first-order chi connectivity index (χ1) is 14.6. The molecule has 150 valence electrons. The van der Waals surface area contributed by atoms with Crippen molar-refractivity contribution in [2.24, 2.45) is 7.05 Å². The normalized spacial score (nSPS) is 11.4. The Balaban J connectivity index is 1.40. The van der Waals surface area contributed by atoms with Crippen molar-refractivity contribution in [1.29, 1.82) is 0 Å². The summed E-state index contributed by atoms with van der Waals surface area (Å²) in [5.41, 5.74) is 11.3. The molecular formula is C21H20N8O. The van der Waals surface area contributed by atoms with Gasteiger partial charge in [0.25, 0.3) is 5.91 Å². The topological polar surface area (TPSA) is 130 Å². The highest BCUT2D eigenvalue weighted by molar-refractivity contribution is 6.08. The summed E-state index contributed by atoms with van der Waals surface area (Å²) >= 11 is 0. The van der Waals surface area contributed by atoms with E-state index in [1.54, 1.807) is 23.3 Å². The van der Waals surface area contributed by atoms with E-state index in [-0.39, 0.29) is 5.91 Å². The largest absolute Gasteiger partial charge is 0.383 e. The Morgan fingerprint density at radius 1 is 1.23 bits per heavy atom. The van der Waals surface area contributed by atoms with E-state index >= 15 is 0 Å². The number of nitrogens with two attached hydrogens (primary N) is 1. The summed E-state index contributed by atoms with van der Waals surface area (Å²) in [6, 6.07) is 9.96. The summed E-state index contributed by atoms with van der Waals surface area (Å²) in [5, 5.41) is 11.7. The zero-order valence-electron chi connectivity index (χ0n) is 16.3. The third-order valence-corrected chi connectivity index (χ3v) is 5.09. The number of carbonyl (C=O) groups excluding carboxylic acids is 1. The van der Waals surface area contributed by atoms with Crippen LogP contribution in [0.4, 0.5) is 5.82 Å². The molecule has 30 heavy (non-hydrogen) atoms. The maximum absolute atomic E-state index is 12.1. The van der Waals surface area contributed by atoms with E-state index in [4.69, 9.17) is 5.73 Å². The average Bonchev–Trinajstić information content (AvgIpc) is 3.48. The molecule has 5 rings (SSSR count). The van der Waals surface area contributed by atoms with Gasteiger partial charge in [0.15, 0.2) is 0 Å². The lowest BCUT2D eigenvalue weighted by Gasteiger charge is -2.05. The first kappa shape index (κ1) is 17.9. The number of hydrogen-bond acceptors (Lipinski definition) is 5. The second kappa shape index (κ2) is 7.03. The van der Waals surface area contributed by atoms with Gasteiger partial charge in [-0.3, -0.25) is 9.89 Å². The summed E-state index contributed by atoms with van der Waals surface area (Å²) < 4.78 is 1.74. The minimum absolute atomic E-state index is 0.190. The molecule has 0 saturated carbocycles. The number of H-pyrrole nitrogens is 2. The van der Waals surface area contributed by atoms with E-state index < -0.39 is 0 Å². The Morgan fingerprint density at radius 2 is 2.13 bits per heavy atom. The number of nitrogen functional groups attached to an aromatic ring is 1. The zero-order valence-corrected chi connectivity index (χ0v) is 16.3. The quantitative estimate of drug-likeness (QED) is 0.360. The number of benzene rings is 1. The van der Waals surface area contributed by atoms with Crippen LogP contribution in [-0.2, 0) is 13.5 Å². The summed E-state index contributed by atoms with van der Waals surface area (Å²) in [6.07, 6.45) is 5.65. The van der Waals surface area contributed by atoms with E-state index in [9.17, 15) is 4.79 Å². The van der Waals surface area contributed by atoms with Crippen LogP contribution in [0.1, 0.15) is 16.2 Å². The molecule has 1 amide bonds. The van der Waals surface area contributed by atoms with Crippen molar-refractivity contribution < 1.29 is 4.79 Å². The molecule has 4 aromatic heterocycles. The highest BCUT2D eigenvalue weighted by Crippen LogP contribution is 2.30. The minimum Gasteiger partial charge on any atom is -0.383 e. The number of carbonyl (C=O) groups is 1. The average molecular weight is 400 g/mol. The Kier molecular flexibility index (Phi) is 4.20. The van der Waals surface area contributed by atoms with Gasteiger partial charge in [0, 0.05) is 54.4 Å². The van der Waals surface area contributed by atoms with Crippen LogP contribution in [0.3, 0.4) is 0 Å². The Bertz CT molecular complexity index is 1360. The second-order valence-corrected chi connectivity index (χ2v) is 7.21. The molecule has 0 saturated heterocycles. The molecule has 9 heteroatoms. The van der Waals surface area contributed by atoms with Crippen molar-refractivity contribution >= 4 is 33.5 Å². The summed E-state index contributed by atoms with van der Waals surface area (Å²) in [7, 11) is 1.83. The molecule has 4 heterocycles. The van der Waals surface area contributed by atoms with Gasteiger partial charge in [-0.15, -0.1) is 0 Å². The van der Waals surface area contributed by atoms with Crippen molar-refractivity contribution in [2.75, 3.05) is 12.3 Å². The van der Waals surface area contributed by atoms with Gasteiger partial charge in [-0.1, -0.05) is 12.1 Å². The first-order valence-corrected chi connectivity index (χ1v) is 9.55. The third-order valence-electron chi connectivity index (χ3n) is 5.09. The van der Waals surface area contributed by atoms with Gasteiger partial charge in [0.2, 0.25) is 0 Å². The van der Waals surface area contributed by atoms with Crippen LogP contribution in [-0.4, -0.2) is 42.2 Å². The number of amides is 1. The third kappa shape index (κ3) is 3.16. The number of nitrogens with zero attached hydrogens (tertiary/aromatic N) is 4. The van der Waals surface area contributed by atoms with Crippen LogP contribution in [0.2, 0.25) is 0 Å². The van der Waals surface area contributed by atoms with Gasteiger partial charge in [0.05, 0.1) is 23.1 Å². The van der Waals surface area contributed by atoms with Gasteiger partial charge in [-0.2, -0.15) is 5.10 Å².